The smallest absolute Gasteiger partial charge is 0.322 e. The highest BCUT2D eigenvalue weighted by Crippen LogP contribution is 2.12. The van der Waals surface area contributed by atoms with Gasteiger partial charge in [-0.05, 0) is 19.1 Å². The molecule has 0 aliphatic heterocycles. The van der Waals surface area contributed by atoms with Crippen molar-refractivity contribution in [3.05, 3.63) is 11.6 Å². The van der Waals surface area contributed by atoms with E-state index in [0.29, 0.717) is 6.42 Å². The summed E-state index contributed by atoms with van der Waals surface area (Å²) >= 11 is 1.68. The monoisotopic (exact) mass is 258 g/mol. The molecule has 96 valence electrons. The fraction of sp³-hybridized carbons (Fsp3) is 0.700. The number of aryl methyl sites for hydroxylation is 1. The lowest BCUT2D eigenvalue weighted by Gasteiger charge is -2.08. The Morgan fingerprint density at radius 1 is 1.59 bits per heavy atom. The second-order valence-electron chi connectivity index (χ2n) is 3.69. The van der Waals surface area contributed by atoms with Crippen LogP contribution in [0.4, 0.5) is 0 Å². The van der Waals surface area contributed by atoms with E-state index in [9.17, 15) is 4.79 Å². The van der Waals surface area contributed by atoms with Crippen molar-refractivity contribution >= 4 is 17.7 Å². The summed E-state index contributed by atoms with van der Waals surface area (Å²) in [6.45, 7) is 1.91. The van der Waals surface area contributed by atoms with E-state index in [-0.39, 0.29) is 5.97 Å². The summed E-state index contributed by atoms with van der Waals surface area (Å²) < 4.78 is 6.50. The molecule has 7 heteroatoms. The summed E-state index contributed by atoms with van der Waals surface area (Å²) in [5, 5.41) is 8.02. The van der Waals surface area contributed by atoms with Crippen molar-refractivity contribution in [3.8, 4) is 0 Å². The molecule has 0 spiro atoms. The predicted molar refractivity (Wildman–Crippen MR) is 66.5 cm³/mol. The average molecular weight is 258 g/mol. The Bertz CT molecular complexity index is 380. The zero-order valence-electron chi connectivity index (χ0n) is 10.3. The molecule has 0 radical (unpaired) electrons. The van der Waals surface area contributed by atoms with Crippen LogP contribution in [0.2, 0.25) is 0 Å². The first-order valence-corrected chi connectivity index (χ1v) is 6.47. The number of nitrogens with two attached hydrogens (primary N) is 1. The quantitative estimate of drug-likeness (QED) is 0.581. The Kier molecular flexibility index (Phi) is 5.43. The summed E-state index contributed by atoms with van der Waals surface area (Å²) in [6.07, 6.45) is 0.605. The van der Waals surface area contributed by atoms with Gasteiger partial charge in [0.25, 0.3) is 0 Å². The minimum atomic E-state index is -0.534. The number of esters is 1. The number of carbonyl (C=O) groups is 1. The lowest BCUT2D eigenvalue weighted by atomic mass is 10.2. The molecule has 0 saturated heterocycles. The lowest BCUT2D eigenvalue weighted by Crippen LogP contribution is -2.32. The van der Waals surface area contributed by atoms with E-state index in [2.05, 4.69) is 14.9 Å². The molecule has 1 aromatic heterocycles. The Labute approximate surface area is 105 Å². The van der Waals surface area contributed by atoms with E-state index in [1.807, 2.05) is 18.5 Å². The number of nitrogens with zero attached hydrogens (tertiary/aromatic N) is 3. The van der Waals surface area contributed by atoms with Crippen LogP contribution in [-0.2, 0) is 22.3 Å². The number of thioether (sulfide) groups is 1. The van der Waals surface area contributed by atoms with Crippen LogP contribution in [-0.4, -0.2) is 39.6 Å². The number of carbonyl (C=O) groups excluding carboxylic acids is 1. The van der Waals surface area contributed by atoms with Gasteiger partial charge in [-0.1, -0.05) is 0 Å². The van der Waals surface area contributed by atoms with Gasteiger partial charge in [-0.15, -0.1) is 10.2 Å². The highest BCUT2D eigenvalue weighted by atomic mass is 32.2. The maximum Gasteiger partial charge on any atom is 0.322 e. The predicted octanol–water partition coefficient (Wildman–Crippen LogP) is 0.247. The maximum atomic E-state index is 11.1. The third-order valence-corrected chi connectivity index (χ3v) is 3.48. The number of hydrogen-bond donors (Lipinski definition) is 1. The second kappa shape index (κ2) is 6.61. The van der Waals surface area contributed by atoms with Crippen LogP contribution >= 0.6 is 11.8 Å². The Hall–Kier alpha value is -1.08. The summed E-state index contributed by atoms with van der Waals surface area (Å²) in [5.41, 5.74) is 5.62. The molecule has 0 bridgehead atoms. The first-order valence-electron chi connectivity index (χ1n) is 5.32. The second-order valence-corrected chi connectivity index (χ2v) is 4.80. The topological polar surface area (TPSA) is 83.0 Å². The molecule has 2 N–H and O–H groups in total. The van der Waals surface area contributed by atoms with Crippen molar-refractivity contribution in [1.82, 2.24) is 14.8 Å². The van der Waals surface area contributed by atoms with Crippen LogP contribution in [0.15, 0.2) is 0 Å². The Balaban J connectivity index is 2.25. The molecule has 0 aromatic carbocycles. The molecule has 0 amide bonds. The Morgan fingerprint density at radius 2 is 2.29 bits per heavy atom. The van der Waals surface area contributed by atoms with Crippen molar-refractivity contribution in [1.29, 1.82) is 0 Å². The van der Waals surface area contributed by atoms with Crippen LogP contribution < -0.4 is 5.73 Å². The first-order chi connectivity index (χ1) is 8.06. The zero-order chi connectivity index (χ0) is 12.8. The van der Waals surface area contributed by atoms with Crippen molar-refractivity contribution < 1.29 is 9.53 Å². The molecule has 1 heterocycles. The largest absolute Gasteiger partial charge is 0.468 e. The average Bonchev–Trinajstić information content (AvgIpc) is 2.64. The van der Waals surface area contributed by atoms with Gasteiger partial charge in [0.1, 0.15) is 17.7 Å². The molecule has 1 unspecified atom stereocenters. The van der Waals surface area contributed by atoms with Gasteiger partial charge >= 0.3 is 5.97 Å². The van der Waals surface area contributed by atoms with Gasteiger partial charge in [-0.25, -0.2) is 0 Å². The third kappa shape index (κ3) is 4.01. The molecule has 6 nitrogen and oxygen atoms in total. The normalized spacial score (nSPS) is 12.5. The van der Waals surface area contributed by atoms with Crippen molar-refractivity contribution in [2.24, 2.45) is 12.8 Å². The van der Waals surface area contributed by atoms with E-state index in [1.54, 1.807) is 11.8 Å². The molecular weight excluding hydrogens is 240 g/mol. The highest BCUT2D eigenvalue weighted by Gasteiger charge is 2.13. The van der Waals surface area contributed by atoms with E-state index in [4.69, 9.17) is 5.73 Å². The molecule has 0 aliphatic rings. The van der Waals surface area contributed by atoms with Gasteiger partial charge in [0.05, 0.1) is 12.9 Å². The zero-order valence-corrected chi connectivity index (χ0v) is 11.2. The fourth-order valence-electron chi connectivity index (χ4n) is 1.22. The standard InChI is InChI=1S/C10H18N4O2S/c1-7-12-13-9(14(7)2)6-17-5-4-8(11)10(15)16-3/h8H,4-6,11H2,1-3H3. The van der Waals surface area contributed by atoms with E-state index >= 15 is 0 Å². The number of ether oxygens (including phenoxy) is 1. The van der Waals surface area contributed by atoms with Gasteiger partial charge in [-0.3, -0.25) is 4.79 Å². The van der Waals surface area contributed by atoms with Gasteiger partial charge in [0.2, 0.25) is 0 Å². The van der Waals surface area contributed by atoms with Gasteiger partial charge in [0.15, 0.2) is 0 Å². The van der Waals surface area contributed by atoms with Gasteiger partial charge < -0.3 is 15.0 Å². The summed E-state index contributed by atoms with van der Waals surface area (Å²) in [5.74, 6) is 3.03. The van der Waals surface area contributed by atoms with Gasteiger partial charge in [-0.2, -0.15) is 11.8 Å². The molecule has 0 aliphatic carbocycles. The first kappa shape index (κ1) is 14.0. The molecule has 0 fully saturated rings. The lowest BCUT2D eigenvalue weighted by molar-refractivity contribution is -0.142. The molecule has 1 rings (SSSR count). The van der Waals surface area contributed by atoms with Crippen LogP contribution in [0, 0.1) is 6.92 Å². The van der Waals surface area contributed by atoms with Crippen molar-refractivity contribution in [2.75, 3.05) is 12.9 Å². The molecule has 0 saturated carbocycles. The Morgan fingerprint density at radius 3 is 2.82 bits per heavy atom. The van der Waals surface area contributed by atoms with Crippen LogP contribution in [0.3, 0.4) is 0 Å². The van der Waals surface area contributed by atoms with Gasteiger partial charge in [0, 0.05) is 7.05 Å². The maximum absolute atomic E-state index is 11.1. The SMILES string of the molecule is COC(=O)C(N)CCSCc1nnc(C)n1C. The minimum absolute atomic E-state index is 0.361. The molecule has 1 aromatic rings. The molecule has 1 atom stereocenters. The van der Waals surface area contributed by atoms with E-state index in [1.165, 1.54) is 7.11 Å². The highest BCUT2D eigenvalue weighted by molar-refractivity contribution is 7.98. The molecular formula is C10H18N4O2S. The van der Waals surface area contributed by atoms with Crippen molar-refractivity contribution in [2.45, 2.75) is 25.1 Å². The number of rotatable bonds is 6. The summed E-state index contributed by atoms with van der Waals surface area (Å²) in [4.78, 5) is 11.1. The summed E-state index contributed by atoms with van der Waals surface area (Å²) in [6, 6.07) is -0.534. The fourth-order valence-corrected chi connectivity index (χ4v) is 2.22. The van der Waals surface area contributed by atoms with E-state index in [0.717, 1.165) is 23.2 Å². The third-order valence-electron chi connectivity index (χ3n) is 2.49. The van der Waals surface area contributed by atoms with E-state index < -0.39 is 6.04 Å². The van der Waals surface area contributed by atoms with Crippen LogP contribution in [0.1, 0.15) is 18.1 Å². The van der Waals surface area contributed by atoms with Crippen LogP contribution in [0.25, 0.3) is 0 Å². The van der Waals surface area contributed by atoms with Crippen LogP contribution in [0.5, 0.6) is 0 Å². The molecule has 17 heavy (non-hydrogen) atoms. The summed E-state index contributed by atoms with van der Waals surface area (Å²) in [7, 11) is 3.28. The van der Waals surface area contributed by atoms with Crippen molar-refractivity contribution in [3.63, 3.8) is 0 Å². The minimum Gasteiger partial charge on any atom is -0.468 e. The number of aromatic nitrogens is 3. The number of hydrogen-bond acceptors (Lipinski definition) is 6. The number of methoxy groups -OCH3 is 1.